The first-order chi connectivity index (χ1) is 9.16. The van der Waals surface area contributed by atoms with Crippen LogP contribution >= 0.6 is 0 Å². The lowest BCUT2D eigenvalue weighted by Crippen LogP contribution is -2.31. The summed E-state index contributed by atoms with van der Waals surface area (Å²) >= 11 is 0. The molecule has 1 nitrogen and oxygen atoms in total. The molecule has 1 N–H and O–H groups in total. The first-order valence-corrected chi connectivity index (χ1v) is 7.94. The van der Waals surface area contributed by atoms with Crippen LogP contribution < -0.4 is 5.32 Å². The van der Waals surface area contributed by atoms with Crippen molar-refractivity contribution in [2.75, 3.05) is 13.1 Å². The van der Waals surface area contributed by atoms with E-state index in [1.807, 2.05) is 0 Å². The van der Waals surface area contributed by atoms with Crippen molar-refractivity contribution in [3.63, 3.8) is 0 Å². The Morgan fingerprint density at radius 1 is 1.11 bits per heavy atom. The van der Waals surface area contributed by atoms with Crippen molar-refractivity contribution in [1.82, 2.24) is 5.32 Å². The summed E-state index contributed by atoms with van der Waals surface area (Å²) in [6.07, 6.45) is 5.58. The van der Waals surface area contributed by atoms with Crippen LogP contribution in [0.15, 0.2) is 24.3 Å². The van der Waals surface area contributed by atoms with Gasteiger partial charge in [0.1, 0.15) is 0 Å². The summed E-state index contributed by atoms with van der Waals surface area (Å²) < 4.78 is 0. The Morgan fingerprint density at radius 3 is 2.47 bits per heavy atom. The first-order valence-electron chi connectivity index (χ1n) is 7.94. The monoisotopic (exact) mass is 259 g/mol. The van der Waals surface area contributed by atoms with Crippen LogP contribution in [0.1, 0.15) is 56.6 Å². The molecule has 1 heteroatoms. The van der Waals surface area contributed by atoms with Crippen LogP contribution in [0.4, 0.5) is 0 Å². The minimum absolute atomic E-state index is 0.751. The third-order valence-electron chi connectivity index (χ3n) is 4.37. The third-order valence-corrected chi connectivity index (χ3v) is 4.37. The second kappa shape index (κ2) is 7.09. The summed E-state index contributed by atoms with van der Waals surface area (Å²) in [5.41, 5.74) is 2.93. The van der Waals surface area contributed by atoms with Crippen molar-refractivity contribution in [3.8, 4) is 0 Å². The van der Waals surface area contributed by atoms with Gasteiger partial charge in [-0.2, -0.15) is 0 Å². The summed E-state index contributed by atoms with van der Waals surface area (Å²) in [6.45, 7) is 9.08. The van der Waals surface area contributed by atoms with Gasteiger partial charge in [-0.15, -0.1) is 0 Å². The maximum atomic E-state index is 3.67. The van der Waals surface area contributed by atoms with Crippen molar-refractivity contribution in [2.45, 2.75) is 52.4 Å². The van der Waals surface area contributed by atoms with Gasteiger partial charge in [-0.3, -0.25) is 0 Å². The van der Waals surface area contributed by atoms with Crippen LogP contribution in [0.2, 0.25) is 0 Å². The summed E-state index contributed by atoms with van der Waals surface area (Å²) in [5.74, 6) is 2.35. The fraction of sp³-hybridized carbons (Fsp3) is 0.667. The van der Waals surface area contributed by atoms with Crippen molar-refractivity contribution in [1.29, 1.82) is 0 Å². The normalized spacial score (nSPS) is 23.8. The molecule has 0 spiro atoms. The van der Waals surface area contributed by atoms with Crippen molar-refractivity contribution >= 4 is 0 Å². The fourth-order valence-corrected chi connectivity index (χ4v) is 3.26. The molecule has 1 aliphatic rings. The molecule has 0 bridgehead atoms. The lowest BCUT2D eigenvalue weighted by Gasteiger charge is -2.32. The van der Waals surface area contributed by atoms with E-state index in [9.17, 15) is 0 Å². The summed E-state index contributed by atoms with van der Waals surface area (Å²) in [5, 5.41) is 3.67. The summed E-state index contributed by atoms with van der Waals surface area (Å²) in [6, 6.07) is 9.23. The van der Waals surface area contributed by atoms with Crippen LogP contribution in [-0.2, 0) is 0 Å². The van der Waals surface area contributed by atoms with Gasteiger partial charge in [-0.05, 0) is 56.2 Å². The minimum atomic E-state index is 0.751. The zero-order valence-electron chi connectivity index (χ0n) is 12.8. The molecule has 0 aromatic heterocycles. The smallest absolute Gasteiger partial charge is 0.00146 e. The molecule has 1 aromatic rings. The molecule has 1 saturated carbocycles. The molecule has 2 atom stereocenters. The van der Waals surface area contributed by atoms with E-state index in [4.69, 9.17) is 0 Å². The highest BCUT2D eigenvalue weighted by atomic mass is 14.9. The number of rotatable bonds is 5. The topological polar surface area (TPSA) is 12.0 Å². The molecule has 2 unspecified atom stereocenters. The van der Waals surface area contributed by atoms with Gasteiger partial charge in [-0.1, -0.05) is 56.5 Å². The first kappa shape index (κ1) is 14.6. The molecule has 0 amide bonds. The summed E-state index contributed by atoms with van der Waals surface area (Å²) in [7, 11) is 0. The third kappa shape index (κ3) is 4.35. The molecule has 0 radical (unpaired) electrons. The second-order valence-corrected chi connectivity index (χ2v) is 6.61. The minimum Gasteiger partial charge on any atom is -0.316 e. The number of hydrogen-bond donors (Lipinski definition) is 1. The highest BCUT2D eigenvalue weighted by Gasteiger charge is 2.25. The molecule has 0 heterocycles. The highest BCUT2D eigenvalue weighted by Crippen LogP contribution is 2.37. The SMILES string of the molecule is Cc1ccc(C2CCCCC2CNCC(C)C)cc1. The van der Waals surface area contributed by atoms with Gasteiger partial charge in [0.25, 0.3) is 0 Å². The van der Waals surface area contributed by atoms with Crippen LogP contribution in [0.5, 0.6) is 0 Å². The highest BCUT2D eigenvalue weighted by molar-refractivity contribution is 5.25. The number of benzene rings is 1. The molecular formula is C18H29N. The lowest BCUT2D eigenvalue weighted by molar-refractivity contribution is 0.292. The van der Waals surface area contributed by atoms with Crippen LogP contribution in [0.25, 0.3) is 0 Å². The average molecular weight is 259 g/mol. The summed E-state index contributed by atoms with van der Waals surface area (Å²) in [4.78, 5) is 0. The van der Waals surface area contributed by atoms with Crippen LogP contribution in [-0.4, -0.2) is 13.1 Å². The molecule has 0 aliphatic heterocycles. The average Bonchev–Trinajstić information content (AvgIpc) is 2.40. The fourth-order valence-electron chi connectivity index (χ4n) is 3.26. The lowest BCUT2D eigenvalue weighted by atomic mass is 9.75. The van der Waals surface area contributed by atoms with Gasteiger partial charge >= 0.3 is 0 Å². The van der Waals surface area contributed by atoms with Crippen molar-refractivity contribution < 1.29 is 0 Å². The van der Waals surface area contributed by atoms with E-state index in [0.717, 1.165) is 24.3 Å². The van der Waals surface area contributed by atoms with Crippen LogP contribution in [0, 0.1) is 18.8 Å². The van der Waals surface area contributed by atoms with Gasteiger partial charge in [0.2, 0.25) is 0 Å². The van der Waals surface area contributed by atoms with E-state index in [2.05, 4.69) is 50.4 Å². The number of hydrogen-bond acceptors (Lipinski definition) is 1. The molecule has 106 valence electrons. The Labute approximate surface area is 118 Å². The Morgan fingerprint density at radius 2 is 1.79 bits per heavy atom. The van der Waals surface area contributed by atoms with E-state index in [0.29, 0.717) is 0 Å². The van der Waals surface area contributed by atoms with Crippen molar-refractivity contribution in [2.24, 2.45) is 11.8 Å². The number of nitrogens with one attached hydrogen (secondary N) is 1. The molecule has 1 aliphatic carbocycles. The Balaban J connectivity index is 1.97. The maximum Gasteiger partial charge on any atom is -0.00146 e. The largest absolute Gasteiger partial charge is 0.316 e. The molecule has 19 heavy (non-hydrogen) atoms. The van der Waals surface area contributed by atoms with E-state index < -0.39 is 0 Å². The second-order valence-electron chi connectivity index (χ2n) is 6.61. The van der Waals surface area contributed by atoms with Gasteiger partial charge in [0.05, 0.1) is 0 Å². The standard InChI is InChI=1S/C18H29N/c1-14(2)12-19-13-17-6-4-5-7-18(17)16-10-8-15(3)9-11-16/h8-11,14,17-19H,4-7,12-13H2,1-3H3. The van der Waals surface area contributed by atoms with E-state index >= 15 is 0 Å². The van der Waals surface area contributed by atoms with Crippen molar-refractivity contribution in [3.05, 3.63) is 35.4 Å². The molecule has 0 saturated heterocycles. The maximum absolute atomic E-state index is 3.67. The van der Waals surface area contributed by atoms with Crippen LogP contribution in [0.3, 0.4) is 0 Å². The van der Waals surface area contributed by atoms with Gasteiger partial charge in [0.15, 0.2) is 0 Å². The predicted octanol–water partition coefficient (Wildman–Crippen LogP) is 4.51. The molecule has 2 rings (SSSR count). The van der Waals surface area contributed by atoms with Gasteiger partial charge in [0, 0.05) is 0 Å². The molecular weight excluding hydrogens is 230 g/mol. The van der Waals surface area contributed by atoms with Gasteiger partial charge < -0.3 is 5.32 Å². The van der Waals surface area contributed by atoms with E-state index in [-0.39, 0.29) is 0 Å². The number of aryl methyl sites for hydroxylation is 1. The van der Waals surface area contributed by atoms with E-state index in [1.54, 1.807) is 5.56 Å². The zero-order chi connectivity index (χ0) is 13.7. The zero-order valence-corrected chi connectivity index (χ0v) is 12.8. The Hall–Kier alpha value is -0.820. The molecule has 1 aromatic carbocycles. The Kier molecular flexibility index (Phi) is 5.45. The predicted molar refractivity (Wildman–Crippen MR) is 83.6 cm³/mol. The molecule has 1 fully saturated rings. The Bertz CT molecular complexity index is 366. The van der Waals surface area contributed by atoms with E-state index in [1.165, 1.54) is 37.8 Å². The van der Waals surface area contributed by atoms with Gasteiger partial charge in [-0.25, -0.2) is 0 Å². The quantitative estimate of drug-likeness (QED) is 0.820.